The number of nitrogens with zero attached hydrogens (tertiary/aromatic N) is 6. The van der Waals surface area contributed by atoms with Crippen LogP contribution >= 0.6 is 0 Å². The third kappa shape index (κ3) is 6.08. The molecule has 8 heteroatoms. The van der Waals surface area contributed by atoms with Crippen LogP contribution in [0.4, 0.5) is 5.69 Å². The fraction of sp³-hybridized carbons (Fsp3) is 0.276. The van der Waals surface area contributed by atoms with Crippen LogP contribution in [0.15, 0.2) is 77.9 Å². The summed E-state index contributed by atoms with van der Waals surface area (Å²) in [6, 6.07) is 18.2. The topological polar surface area (TPSA) is 77.5 Å². The molecule has 1 aliphatic rings. The van der Waals surface area contributed by atoms with Crippen LogP contribution in [0.3, 0.4) is 0 Å². The number of benzene rings is 2. The monoisotopic (exact) mass is 492 g/mol. The van der Waals surface area contributed by atoms with Gasteiger partial charge in [0, 0.05) is 11.6 Å². The molecule has 0 spiro atoms. The molecule has 2 aromatic heterocycles. The number of rotatable bonds is 7. The second-order valence-electron chi connectivity index (χ2n) is 9.38. The van der Waals surface area contributed by atoms with Crippen LogP contribution in [-0.4, -0.2) is 51.4 Å². The molecule has 0 radical (unpaired) electrons. The van der Waals surface area contributed by atoms with Gasteiger partial charge in [0.25, 0.3) is 5.56 Å². The van der Waals surface area contributed by atoms with Gasteiger partial charge in [-0.3, -0.25) is 4.79 Å². The molecule has 8 nitrogen and oxygen atoms in total. The summed E-state index contributed by atoms with van der Waals surface area (Å²) in [6.07, 6.45) is 5.74. The summed E-state index contributed by atoms with van der Waals surface area (Å²) in [5.41, 5.74) is 3.53. The van der Waals surface area contributed by atoms with Crippen molar-refractivity contribution in [2.24, 2.45) is 5.92 Å². The average Bonchev–Trinajstić information content (AvgIpc) is 2.94. The predicted molar refractivity (Wildman–Crippen MR) is 142 cm³/mol. The summed E-state index contributed by atoms with van der Waals surface area (Å²) in [4.78, 5) is 27.4. The Hall–Kier alpha value is -4.35. The van der Waals surface area contributed by atoms with Gasteiger partial charge in [0.15, 0.2) is 17.3 Å². The van der Waals surface area contributed by atoms with Gasteiger partial charge in [-0.1, -0.05) is 36.4 Å². The van der Waals surface area contributed by atoms with E-state index in [0.717, 1.165) is 42.6 Å². The minimum atomic E-state index is -0.196. The lowest BCUT2D eigenvalue weighted by molar-refractivity contribution is 0.159. The van der Waals surface area contributed by atoms with Crippen molar-refractivity contribution in [1.82, 2.24) is 24.6 Å². The van der Waals surface area contributed by atoms with Crippen molar-refractivity contribution in [2.45, 2.75) is 19.4 Å². The second kappa shape index (κ2) is 11.1. The van der Waals surface area contributed by atoms with Gasteiger partial charge in [-0.15, -0.1) is 0 Å². The fourth-order valence-corrected chi connectivity index (χ4v) is 4.42. The molecule has 0 N–H and O–H groups in total. The summed E-state index contributed by atoms with van der Waals surface area (Å²) in [5, 5.41) is 4.54. The van der Waals surface area contributed by atoms with E-state index in [-0.39, 0.29) is 5.56 Å². The molecule has 3 heterocycles. The first-order chi connectivity index (χ1) is 18.1. The van der Waals surface area contributed by atoms with Crippen molar-refractivity contribution in [3.8, 4) is 28.4 Å². The maximum absolute atomic E-state index is 12.5. The molecule has 5 rings (SSSR count). The van der Waals surface area contributed by atoms with Gasteiger partial charge in [-0.05, 0) is 68.2 Å². The Morgan fingerprint density at radius 3 is 2.54 bits per heavy atom. The summed E-state index contributed by atoms with van der Waals surface area (Å²) < 4.78 is 7.37. The molecule has 0 amide bonds. The highest BCUT2D eigenvalue weighted by Gasteiger charge is 2.17. The first-order valence-electron chi connectivity index (χ1n) is 12.4. The van der Waals surface area contributed by atoms with Crippen molar-refractivity contribution < 1.29 is 4.74 Å². The third-order valence-electron chi connectivity index (χ3n) is 6.61. The number of hydrogen-bond donors (Lipinski definition) is 0. The van der Waals surface area contributed by atoms with Gasteiger partial charge >= 0.3 is 0 Å². The van der Waals surface area contributed by atoms with E-state index in [4.69, 9.17) is 11.3 Å². The minimum absolute atomic E-state index is 0.196. The maximum Gasteiger partial charge on any atom is 0.267 e. The van der Waals surface area contributed by atoms with Gasteiger partial charge in [-0.25, -0.2) is 19.5 Å². The Balaban J connectivity index is 1.28. The summed E-state index contributed by atoms with van der Waals surface area (Å²) in [5.74, 6) is 1.84. The molecule has 0 bridgehead atoms. The SMILES string of the molecule is [C-]#[N+]c1cccc(-c2ccc(=O)n(Cc3cccc(-c4ncc(OCC5CCN(C)CC5)cn4)c3)n2)c1. The van der Waals surface area contributed by atoms with E-state index in [1.54, 1.807) is 30.6 Å². The number of likely N-dealkylation sites (tertiary alicyclic amines) is 1. The first-order valence-corrected chi connectivity index (χ1v) is 12.4. The van der Waals surface area contributed by atoms with Gasteiger partial charge in [0.1, 0.15) is 0 Å². The largest absolute Gasteiger partial charge is 0.490 e. The summed E-state index contributed by atoms with van der Waals surface area (Å²) in [7, 11) is 2.15. The van der Waals surface area contributed by atoms with Crippen LogP contribution in [0.2, 0.25) is 0 Å². The molecule has 37 heavy (non-hydrogen) atoms. The standard InChI is InChI=1S/C29H28N6O2/c1-30-25-8-4-6-23(16-25)27-9-10-28(36)35(33-27)19-22-5-3-7-24(15-22)29-31-17-26(18-32-29)37-20-21-11-13-34(2)14-12-21/h3-10,15-18,21H,11-14,19-20H2,2H3. The van der Waals surface area contributed by atoms with Crippen LogP contribution in [0.1, 0.15) is 18.4 Å². The molecule has 0 saturated carbocycles. The van der Waals surface area contributed by atoms with E-state index in [1.165, 1.54) is 10.7 Å². The molecule has 1 saturated heterocycles. The lowest BCUT2D eigenvalue weighted by Crippen LogP contribution is -2.32. The van der Waals surface area contributed by atoms with Gasteiger partial charge < -0.3 is 9.64 Å². The molecule has 4 aromatic rings. The second-order valence-corrected chi connectivity index (χ2v) is 9.38. The van der Waals surface area contributed by atoms with E-state index in [1.807, 2.05) is 36.4 Å². The number of hydrogen-bond acceptors (Lipinski definition) is 6. The summed E-state index contributed by atoms with van der Waals surface area (Å²) >= 11 is 0. The molecule has 0 unspecified atom stereocenters. The molecule has 1 fully saturated rings. The minimum Gasteiger partial charge on any atom is -0.490 e. The first kappa shape index (κ1) is 24.3. The number of aromatic nitrogens is 4. The highest BCUT2D eigenvalue weighted by molar-refractivity contribution is 5.65. The normalized spacial score (nSPS) is 14.3. The fourth-order valence-electron chi connectivity index (χ4n) is 4.42. The molecule has 186 valence electrons. The van der Waals surface area contributed by atoms with Crippen molar-refractivity contribution >= 4 is 5.69 Å². The van der Waals surface area contributed by atoms with Crippen molar-refractivity contribution in [3.05, 3.63) is 100 Å². The lowest BCUT2D eigenvalue weighted by atomic mass is 9.98. The highest BCUT2D eigenvalue weighted by Crippen LogP contribution is 2.23. The van der Waals surface area contributed by atoms with Crippen LogP contribution in [-0.2, 0) is 6.54 Å². The van der Waals surface area contributed by atoms with Gasteiger partial charge in [-0.2, -0.15) is 5.10 Å². The molecule has 0 aliphatic carbocycles. The van der Waals surface area contributed by atoms with Crippen LogP contribution in [0.25, 0.3) is 27.5 Å². The highest BCUT2D eigenvalue weighted by atomic mass is 16.5. The molecular weight excluding hydrogens is 464 g/mol. The van der Waals surface area contributed by atoms with Crippen molar-refractivity contribution in [1.29, 1.82) is 0 Å². The van der Waals surface area contributed by atoms with Crippen molar-refractivity contribution in [2.75, 3.05) is 26.7 Å². The molecular formula is C29H28N6O2. The Morgan fingerprint density at radius 1 is 1.00 bits per heavy atom. The maximum atomic E-state index is 12.5. The zero-order chi connectivity index (χ0) is 25.6. The van der Waals surface area contributed by atoms with E-state index < -0.39 is 0 Å². The summed E-state index contributed by atoms with van der Waals surface area (Å²) in [6.45, 7) is 10.5. The smallest absolute Gasteiger partial charge is 0.267 e. The Labute approximate surface area is 216 Å². The van der Waals surface area contributed by atoms with E-state index >= 15 is 0 Å². The Bertz CT molecular complexity index is 1470. The van der Waals surface area contributed by atoms with E-state index in [9.17, 15) is 4.79 Å². The Kier molecular flexibility index (Phi) is 7.33. The predicted octanol–water partition coefficient (Wildman–Crippen LogP) is 4.69. The van der Waals surface area contributed by atoms with Crippen LogP contribution in [0, 0.1) is 12.5 Å². The average molecular weight is 493 g/mol. The van der Waals surface area contributed by atoms with Crippen LogP contribution < -0.4 is 10.3 Å². The molecule has 1 aliphatic heterocycles. The van der Waals surface area contributed by atoms with E-state index in [0.29, 0.717) is 42.0 Å². The molecule has 2 aromatic carbocycles. The van der Waals surface area contributed by atoms with Gasteiger partial charge in [0.05, 0.1) is 37.8 Å². The molecule has 0 atom stereocenters. The van der Waals surface area contributed by atoms with Crippen molar-refractivity contribution in [3.63, 3.8) is 0 Å². The zero-order valence-electron chi connectivity index (χ0n) is 20.7. The Morgan fingerprint density at radius 2 is 1.76 bits per heavy atom. The van der Waals surface area contributed by atoms with E-state index in [2.05, 4.69) is 31.9 Å². The third-order valence-corrected chi connectivity index (χ3v) is 6.61. The lowest BCUT2D eigenvalue weighted by Gasteiger charge is -2.28. The number of ether oxygens (including phenoxy) is 1. The van der Waals surface area contributed by atoms with Gasteiger partial charge in [0.2, 0.25) is 0 Å². The quantitative estimate of drug-likeness (QED) is 0.349. The zero-order valence-corrected chi connectivity index (χ0v) is 20.7. The van der Waals surface area contributed by atoms with Crippen LogP contribution in [0.5, 0.6) is 5.75 Å². The number of piperidine rings is 1.